The fourth-order valence-electron chi connectivity index (χ4n) is 2.63. The molecular formula is C12H15NO. The van der Waals surface area contributed by atoms with Gasteiger partial charge in [0.2, 0.25) is 0 Å². The van der Waals surface area contributed by atoms with Crippen molar-refractivity contribution in [2.45, 2.75) is 25.3 Å². The molecule has 1 spiro atoms. The minimum Gasteiger partial charge on any atom is -0.497 e. The van der Waals surface area contributed by atoms with Crippen LogP contribution in [0.15, 0.2) is 18.2 Å². The summed E-state index contributed by atoms with van der Waals surface area (Å²) in [6.07, 6.45) is 3.75. The van der Waals surface area contributed by atoms with E-state index in [1.165, 1.54) is 24.0 Å². The van der Waals surface area contributed by atoms with E-state index in [-0.39, 0.29) is 6.04 Å². The van der Waals surface area contributed by atoms with E-state index in [0.717, 1.165) is 12.2 Å². The van der Waals surface area contributed by atoms with Crippen LogP contribution in [-0.2, 0) is 6.42 Å². The Kier molecular flexibility index (Phi) is 1.49. The Bertz CT molecular complexity index is 382. The summed E-state index contributed by atoms with van der Waals surface area (Å²) in [4.78, 5) is 0. The first-order chi connectivity index (χ1) is 6.75. The summed E-state index contributed by atoms with van der Waals surface area (Å²) in [7, 11) is 1.71. The molecule has 2 aliphatic carbocycles. The van der Waals surface area contributed by atoms with Crippen LogP contribution in [0.4, 0.5) is 0 Å². The SMILES string of the molecule is COc1ccc2c(c1)CC1(CC1)C2N. The molecule has 1 aromatic rings. The average molecular weight is 189 g/mol. The summed E-state index contributed by atoms with van der Waals surface area (Å²) in [6.45, 7) is 0. The van der Waals surface area contributed by atoms with Gasteiger partial charge in [0.15, 0.2) is 0 Å². The van der Waals surface area contributed by atoms with Crippen LogP contribution in [0.3, 0.4) is 0 Å². The number of methoxy groups -OCH3 is 1. The molecule has 1 atom stereocenters. The minimum atomic E-state index is 0.267. The van der Waals surface area contributed by atoms with Crippen molar-refractivity contribution >= 4 is 0 Å². The van der Waals surface area contributed by atoms with Crippen molar-refractivity contribution in [3.63, 3.8) is 0 Å². The molecule has 2 nitrogen and oxygen atoms in total. The quantitative estimate of drug-likeness (QED) is 0.733. The van der Waals surface area contributed by atoms with Crippen molar-refractivity contribution in [3.05, 3.63) is 29.3 Å². The van der Waals surface area contributed by atoms with E-state index >= 15 is 0 Å². The summed E-state index contributed by atoms with van der Waals surface area (Å²) in [5.41, 5.74) is 9.40. The van der Waals surface area contributed by atoms with Crippen molar-refractivity contribution < 1.29 is 4.74 Å². The van der Waals surface area contributed by atoms with Crippen LogP contribution in [0.5, 0.6) is 5.75 Å². The number of nitrogens with two attached hydrogens (primary N) is 1. The Morgan fingerprint density at radius 1 is 1.43 bits per heavy atom. The van der Waals surface area contributed by atoms with Gasteiger partial charge in [0.1, 0.15) is 5.75 Å². The zero-order valence-electron chi connectivity index (χ0n) is 8.42. The van der Waals surface area contributed by atoms with Crippen LogP contribution in [-0.4, -0.2) is 7.11 Å². The molecule has 3 rings (SSSR count). The van der Waals surface area contributed by atoms with Crippen LogP contribution in [0.25, 0.3) is 0 Å². The van der Waals surface area contributed by atoms with Crippen LogP contribution < -0.4 is 10.5 Å². The second-order valence-corrected chi connectivity index (χ2v) is 4.58. The first-order valence-corrected chi connectivity index (χ1v) is 5.18. The van der Waals surface area contributed by atoms with Gasteiger partial charge in [-0.3, -0.25) is 0 Å². The topological polar surface area (TPSA) is 35.2 Å². The molecule has 0 radical (unpaired) electrons. The van der Waals surface area contributed by atoms with Gasteiger partial charge in [0, 0.05) is 6.04 Å². The van der Waals surface area contributed by atoms with Gasteiger partial charge in [0.05, 0.1) is 7.11 Å². The van der Waals surface area contributed by atoms with Crippen molar-refractivity contribution in [2.24, 2.45) is 11.1 Å². The second-order valence-electron chi connectivity index (χ2n) is 4.58. The second kappa shape index (κ2) is 2.51. The first kappa shape index (κ1) is 8.30. The summed E-state index contributed by atoms with van der Waals surface area (Å²) in [5.74, 6) is 0.952. The molecule has 0 amide bonds. The molecule has 0 bridgehead atoms. The predicted octanol–water partition coefficient (Wildman–Crippen LogP) is 2.03. The Labute approximate surface area is 84.1 Å². The van der Waals surface area contributed by atoms with Gasteiger partial charge in [-0.05, 0) is 47.9 Å². The van der Waals surface area contributed by atoms with Gasteiger partial charge in [-0.15, -0.1) is 0 Å². The summed E-state index contributed by atoms with van der Waals surface area (Å²) < 4.78 is 5.22. The molecule has 0 aliphatic heterocycles. The highest BCUT2D eigenvalue weighted by atomic mass is 16.5. The summed E-state index contributed by atoms with van der Waals surface area (Å²) in [6, 6.07) is 6.55. The molecule has 2 heteroatoms. The summed E-state index contributed by atoms with van der Waals surface area (Å²) >= 11 is 0. The van der Waals surface area contributed by atoms with Crippen molar-refractivity contribution in [1.82, 2.24) is 0 Å². The molecule has 1 fully saturated rings. The van der Waals surface area contributed by atoms with Gasteiger partial charge in [-0.1, -0.05) is 6.07 Å². The highest BCUT2D eigenvalue weighted by molar-refractivity contribution is 5.44. The minimum absolute atomic E-state index is 0.267. The number of rotatable bonds is 1. The lowest BCUT2D eigenvalue weighted by Crippen LogP contribution is -2.17. The average Bonchev–Trinajstić information content (AvgIpc) is 2.92. The van der Waals surface area contributed by atoms with Crippen molar-refractivity contribution in [3.8, 4) is 5.75 Å². The molecule has 1 saturated carbocycles. The van der Waals surface area contributed by atoms with Gasteiger partial charge in [0.25, 0.3) is 0 Å². The van der Waals surface area contributed by atoms with Gasteiger partial charge >= 0.3 is 0 Å². The molecule has 0 heterocycles. The Morgan fingerprint density at radius 2 is 2.21 bits per heavy atom. The third-order valence-electron chi connectivity index (χ3n) is 3.78. The third-order valence-corrected chi connectivity index (χ3v) is 3.78. The van der Waals surface area contributed by atoms with E-state index in [0.29, 0.717) is 5.41 Å². The van der Waals surface area contributed by atoms with Crippen LogP contribution in [0.2, 0.25) is 0 Å². The standard InChI is InChI=1S/C12H15NO/c1-14-9-2-3-10-8(6-9)7-12(4-5-12)11(10)13/h2-3,6,11H,4-5,7,13H2,1H3. The highest BCUT2D eigenvalue weighted by Gasteiger charge is 2.52. The number of hydrogen-bond acceptors (Lipinski definition) is 2. The predicted molar refractivity (Wildman–Crippen MR) is 55.3 cm³/mol. The molecular weight excluding hydrogens is 174 g/mol. The first-order valence-electron chi connectivity index (χ1n) is 5.18. The van der Waals surface area contributed by atoms with E-state index < -0.39 is 0 Å². The van der Waals surface area contributed by atoms with Crippen molar-refractivity contribution in [1.29, 1.82) is 0 Å². The molecule has 1 aromatic carbocycles. The Morgan fingerprint density at radius 3 is 2.86 bits per heavy atom. The normalized spacial score (nSPS) is 26.3. The van der Waals surface area contributed by atoms with Gasteiger partial charge < -0.3 is 10.5 Å². The Hall–Kier alpha value is -1.02. The lowest BCUT2D eigenvalue weighted by atomic mass is 9.99. The molecule has 0 saturated heterocycles. The zero-order valence-corrected chi connectivity index (χ0v) is 8.42. The summed E-state index contributed by atoms with van der Waals surface area (Å²) in [5, 5.41) is 0. The Balaban J connectivity index is 2.05. The van der Waals surface area contributed by atoms with Crippen molar-refractivity contribution in [2.75, 3.05) is 7.11 Å². The van der Waals surface area contributed by atoms with E-state index in [9.17, 15) is 0 Å². The third kappa shape index (κ3) is 0.947. The molecule has 14 heavy (non-hydrogen) atoms. The molecule has 2 N–H and O–H groups in total. The van der Waals surface area contributed by atoms with E-state index in [1.54, 1.807) is 7.11 Å². The maximum Gasteiger partial charge on any atom is 0.119 e. The fourth-order valence-corrected chi connectivity index (χ4v) is 2.63. The number of ether oxygens (including phenoxy) is 1. The molecule has 74 valence electrons. The van der Waals surface area contributed by atoms with Gasteiger partial charge in [-0.2, -0.15) is 0 Å². The lowest BCUT2D eigenvalue weighted by Gasteiger charge is -2.12. The smallest absolute Gasteiger partial charge is 0.119 e. The van der Waals surface area contributed by atoms with E-state index in [4.69, 9.17) is 10.5 Å². The van der Waals surface area contributed by atoms with E-state index in [1.807, 2.05) is 6.07 Å². The lowest BCUT2D eigenvalue weighted by molar-refractivity contribution is 0.414. The number of hydrogen-bond donors (Lipinski definition) is 1. The fraction of sp³-hybridized carbons (Fsp3) is 0.500. The zero-order chi connectivity index (χ0) is 9.76. The van der Waals surface area contributed by atoms with Crippen LogP contribution in [0.1, 0.15) is 30.0 Å². The van der Waals surface area contributed by atoms with E-state index in [2.05, 4.69) is 12.1 Å². The van der Waals surface area contributed by atoms with Gasteiger partial charge in [-0.25, -0.2) is 0 Å². The number of benzene rings is 1. The maximum atomic E-state index is 6.24. The maximum absolute atomic E-state index is 6.24. The molecule has 0 aromatic heterocycles. The van der Waals surface area contributed by atoms with Crippen LogP contribution >= 0.6 is 0 Å². The monoisotopic (exact) mass is 189 g/mol. The molecule has 2 aliphatic rings. The largest absolute Gasteiger partial charge is 0.497 e. The number of fused-ring (bicyclic) bond motifs is 1. The highest BCUT2D eigenvalue weighted by Crippen LogP contribution is 2.61. The molecule has 1 unspecified atom stereocenters. The van der Waals surface area contributed by atoms with Crippen LogP contribution in [0, 0.1) is 5.41 Å².